The molecular formula is C14H18Br2I2O2. The van der Waals surface area contributed by atoms with E-state index in [-0.39, 0.29) is 0 Å². The first kappa shape index (κ1) is 19.3. The van der Waals surface area contributed by atoms with Crippen LogP contribution < -0.4 is 9.47 Å². The van der Waals surface area contributed by atoms with Gasteiger partial charge in [0.2, 0.25) is 0 Å². The highest BCUT2D eigenvalue weighted by Crippen LogP contribution is 2.36. The fraction of sp³-hybridized carbons (Fsp3) is 0.571. The maximum atomic E-state index is 5.78. The molecule has 0 fully saturated rings. The maximum Gasteiger partial charge on any atom is 0.134 e. The van der Waals surface area contributed by atoms with Crippen molar-refractivity contribution in [1.29, 1.82) is 0 Å². The molecule has 0 unspecified atom stereocenters. The van der Waals surface area contributed by atoms with Gasteiger partial charge in [-0.25, -0.2) is 0 Å². The molecule has 0 N–H and O–H groups in total. The minimum absolute atomic E-state index is 0.754. The van der Waals surface area contributed by atoms with Gasteiger partial charge in [0.15, 0.2) is 0 Å². The quantitative estimate of drug-likeness (QED) is 0.169. The van der Waals surface area contributed by atoms with Crippen LogP contribution in [-0.2, 0) is 0 Å². The predicted octanol–water partition coefficient (Wildman–Crippen LogP) is 6.40. The minimum atomic E-state index is 0.754. The summed E-state index contributed by atoms with van der Waals surface area (Å²) in [6.07, 6.45) is 4.55. The van der Waals surface area contributed by atoms with Crippen molar-refractivity contribution in [2.45, 2.75) is 25.7 Å². The molecule has 0 aliphatic carbocycles. The van der Waals surface area contributed by atoms with E-state index in [1.54, 1.807) is 0 Å². The van der Waals surface area contributed by atoms with E-state index in [2.05, 4.69) is 77.0 Å². The van der Waals surface area contributed by atoms with E-state index in [1.165, 1.54) is 21.7 Å². The Balaban J connectivity index is 2.52. The van der Waals surface area contributed by atoms with Crippen molar-refractivity contribution in [2.24, 2.45) is 0 Å². The van der Waals surface area contributed by atoms with Gasteiger partial charge >= 0.3 is 0 Å². The summed E-state index contributed by atoms with van der Waals surface area (Å²) < 4.78 is 15.8. The Kier molecular flexibility index (Phi) is 11.3. The molecule has 0 heterocycles. The van der Waals surface area contributed by atoms with Crippen LogP contribution in [0.4, 0.5) is 0 Å². The monoisotopic (exact) mass is 630 g/mol. The Hall–Kier alpha value is 1.24. The molecule has 0 aliphatic rings. The number of rotatable bonds is 10. The zero-order valence-electron chi connectivity index (χ0n) is 11.1. The lowest BCUT2D eigenvalue weighted by Crippen LogP contribution is -2.01. The molecule has 2 nitrogen and oxygen atoms in total. The summed E-state index contributed by atoms with van der Waals surface area (Å²) in [5.74, 6) is 1.73. The molecule has 0 bridgehead atoms. The van der Waals surface area contributed by atoms with E-state index in [0.717, 1.165) is 46.5 Å². The molecule has 114 valence electrons. The molecule has 0 spiro atoms. The van der Waals surface area contributed by atoms with Gasteiger partial charge in [0, 0.05) is 0 Å². The van der Waals surface area contributed by atoms with Crippen molar-refractivity contribution in [2.75, 3.05) is 22.1 Å². The summed E-state index contributed by atoms with van der Waals surface area (Å²) >= 11 is 11.9. The standard InChI is InChI=1S/C14H18Br2I2O2/c15-11-10-14(20-8-4-2-6-18)12(16)9-13(11)19-7-3-1-5-17/h9-10H,1-8H2. The Bertz CT molecular complexity index is 365. The van der Waals surface area contributed by atoms with E-state index >= 15 is 0 Å². The van der Waals surface area contributed by atoms with Crippen LogP contribution in [-0.4, -0.2) is 22.1 Å². The van der Waals surface area contributed by atoms with Crippen LogP contribution in [0.1, 0.15) is 25.7 Å². The number of ether oxygens (including phenoxy) is 2. The summed E-state index contributed by atoms with van der Waals surface area (Å²) in [6, 6.07) is 3.95. The van der Waals surface area contributed by atoms with E-state index in [9.17, 15) is 0 Å². The molecule has 0 amide bonds. The highest BCUT2D eigenvalue weighted by Gasteiger charge is 2.09. The van der Waals surface area contributed by atoms with Crippen LogP contribution in [0.3, 0.4) is 0 Å². The topological polar surface area (TPSA) is 18.5 Å². The molecule has 1 aromatic rings. The van der Waals surface area contributed by atoms with Gasteiger partial charge < -0.3 is 9.47 Å². The Morgan fingerprint density at radius 2 is 1.15 bits per heavy atom. The highest BCUT2D eigenvalue weighted by atomic mass is 127. The molecule has 20 heavy (non-hydrogen) atoms. The van der Waals surface area contributed by atoms with Gasteiger partial charge in [0.05, 0.1) is 22.2 Å². The zero-order chi connectivity index (χ0) is 14.8. The molecule has 0 atom stereocenters. The van der Waals surface area contributed by atoms with Crippen LogP contribution in [0.5, 0.6) is 11.5 Å². The van der Waals surface area contributed by atoms with Crippen molar-refractivity contribution in [3.63, 3.8) is 0 Å². The fourth-order valence-corrected chi connectivity index (χ4v) is 3.44. The lowest BCUT2D eigenvalue weighted by Gasteiger charge is -2.12. The third kappa shape index (κ3) is 7.49. The van der Waals surface area contributed by atoms with Crippen molar-refractivity contribution in [3.8, 4) is 11.5 Å². The molecule has 1 rings (SSSR count). The van der Waals surface area contributed by atoms with Gasteiger partial charge in [-0.2, -0.15) is 0 Å². The average molecular weight is 632 g/mol. The van der Waals surface area contributed by atoms with E-state index in [4.69, 9.17) is 9.47 Å². The molecule has 1 aromatic carbocycles. The number of hydrogen-bond donors (Lipinski definition) is 0. The Labute approximate surface area is 165 Å². The smallest absolute Gasteiger partial charge is 0.134 e. The first-order chi connectivity index (χ1) is 9.69. The van der Waals surface area contributed by atoms with Gasteiger partial charge in [-0.05, 0) is 78.5 Å². The first-order valence-corrected chi connectivity index (χ1v) is 11.2. The molecule has 0 radical (unpaired) electrons. The fourth-order valence-electron chi connectivity index (χ4n) is 1.49. The minimum Gasteiger partial charge on any atom is -0.492 e. The largest absolute Gasteiger partial charge is 0.492 e. The SMILES string of the molecule is Brc1cc(OCCCCI)c(Br)cc1OCCCCI. The van der Waals surface area contributed by atoms with Gasteiger partial charge in [0.25, 0.3) is 0 Å². The number of benzene rings is 1. The van der Waals surface area contributed by atoms with Crippen LogP contribution >= 0.6 is 77.0 Å². The number of halogens is 4. The average Bonchev–Trinajstić information content (AvgIpc) is 2.44. The zero-order valence-corrected chi connectivity index (χ0v) is 18.6. The third-order valence-electron chi connectivity index (χ3n) is 2.56. The molecule has 6 heteroatoms. The number of alkyl halides is 2. The van der Waals surface area contributed by atoms with Crippen molar-refractivity contribution in [1.82, 2.24) is 0 Å². The second-order valence-electron chi connectivity index (χ2n) is 4.20. The maximum absolute atomic E-state index is 5.78. The summed E-state index contributed by atoms with van der Waals surface area (Å²) in [4.78, 5) is 0. The van der Waals surface area contributed by atoms with E-state index in [1.807, 2.05) is 12.1 Å². The van der Waals surface area contributed by atoms with Crippen molar-refractivity contribution < 1.29 is 9.47 Å². The highest BCUT2D eigenvalue weighted by molar-refractivity contribution is 14.1. The molecule has 0 saturated heterocycles. The lowest BCUT2D eigenvalue weighted by atomic mass is 10.3. The second kappa shape index (κ2) is 11.8. The summed E-state index contributed by atoms with van der Waals surface area (Å²) in [5.41, 5.74) is 0. The van der Waals surface area contributed by atoms with Gasteiger partial charge in [-0.3, -0.25) is 0 Å². The Morgan fingerprint density at radius 1 is 0.750 bits per heavy atom. The Morgan fingerprint density at radius 3 is 1.50 bits per heavy atom. The molecule has 0 aliphatic heterocycles. The van der Waals surface area contributed by atoms with Crippen LogP contribution in [0.2, 0.25) is 0 Å². The molecule has 0 saturated carbocycles. The third-order valence-corrected chi connectivity index (χ3v) is 5.32. The number of hydrogen-bond acceptors (Lipinski definition) is 2. The van der Waals surface area contributed by atoms with E-state index in [0.29, 0.717) is 0 Å². The summed E-state index contributed by atoms with van der Waals surface area (Å²) in [6.45, 7) is 1.51. The number of unbranched alkanes of at least 4 members (excludes halogenated alkanes) is 2. The van der Waals surface area contributed by atoms with Crippen LogP contribution in [0.15, 0.2) is 21.1 Å². The second-order valence-corrected chi connectivity index (χ2v) is 8.07. The van der Waals surface area contributed by atoms with Gasteiger partial charge in [-0.15, -0.1) is 0 Å². The summed E-state index contributed by atoms with van der Waals surface area (Å²) in [7, 11) is 0. The van der Waals surface area contributed by atoms with Crippen LogP contribution in [0, 0.1) is 0 Å². The van der Waals surface area contributed by atoms with Crippen molar-refractivity contribution >= 4 is 77.0 Å². The van der Waals surface area contributed by atoms with E-state index < -0.39 is 0 Å². The van der Waals surface area contributed by atoms with Gasteiger partial charge in [0.1, 0.15) is 11.5 Å². The van der Waals surface area contributed by atoms with Crippen molar-refractivity contribution in [3.05, 3.63) is 21.1 Å². The summed E-state index contributed by atoms with van der Waals surface area (Å²) in [5, 5.41) is 0. The molecular weight excluding hydrogens is 614 g/mol. The van der Waals surface area contributed by atoms with Crippen LogP contribution in [0.25, 0.3) is 0 Å². The predicted molar refractivity (Wildman–Crippen MR) is 109 cm³/mol. The normalized spacial score (nSPS) is 10.6. The lowest BCUT2D eigenvalue weighted by molar-refractivity contribution is 0.298. The first-order valence-electron chi connectivity index (χ1n) is 6.55. The molecule has 0 aromatic heterocycles. The van der Waals surface area contributed by atoms with Gasteiger partial charge in [-0.1, -0.05) is 45.2 Å².